The molecule has 1 unspecified atom stereocenters. The molecule has 2 aromatic rings. The van der Waals surface area contributed by atoms with Gasteiger partial charge in [0.15, 0.2) is 6.61 Å². The first-order chi connectivity index (χ1) is 16.2. The number of nitriles is 1. The lowest BCUT2D eigenvalue weighted by Crippen LogP contribution is -2.65. The summed E-state index contributed by atoms with van der Waals surface area (Å²) >= 11 is 5.65. The summed E-state index contributed by atoms with van der Waals surface area (Å²) in [6.07, 6.45) is 2.77. The number of nitrogens with one attached hydrogen (secondary N) is 2. The summed E-state index contributed by atoms with van der Waals surface area (Å²) in [6, 6.07) is 9.24. The number of carbonyl (C=O) groups excluding carboxylic acids is 2. The minimum absolute atomic E-state index is 0.0326. The molecular formula is C24H24ClFN4O4. The number of aliphatic hydroxyl groups is 1. The lowest BCUT2D eigenvalue weighted by atomic mass is 9.55. The van der Waals surface area contributed by atoms with E-state index in [2.05, 4.69) is 15.6 Å². The van der Waals surface area contributed by atoms with E-state index in [1.165, 1.54) is 18.3 Å². The second-order valence-corrected chi connectivity index (χ2v) is 9.31. The normalized spacial score (nSPS) is 25.3. The van der Waals surface area contributed by atoms with Crippen LogP contribution in [0.3, 0.4) is 0 Å². The molecule has 1 aromatic carbocycles. The van der Waals surface area contributed by atoms with Crippen LogP contribution in [0.2, 0.25) is 5.02 Å². The fourth-order valence-electron chi connectivity index (χ4n) is 4.82. The first-order valence-corrected chi connectivity index (χ1v) is 11.3. The van der Waals surface area contributed by atoms with Gasteiger partial charge in [0.25, 0.3) is 5.91 Å². The SMILES string of the molecule is N#Cc1ccc(CNC(=O)C23CCC(NC(=O)COc4ccc(Cl)c(F)c4)(CC2)CC3O)nc1. The summed E-state index contributed by atoms with van der Waals surface area (Å²) in [7, 11) is 0. The summed E-state index contributed by atoms with van der Waals surface area (Å²) in [5, 5.41) is 25.5. The van der Waals surface area contributed by atoms with Gasteiger partial charge >= 0.3 is 0 Å². The van der Waals surface area contributed by atoms with Crippen LogP contribution in [-0.2, 0) is 16.1 Å². The number of hydrogen-bond donors (Lipinski definition) is 3. The largest absolute Gasteiger partial charge is 0.484 e. The molecule has 0 radical (unpaired) electrons. The molecule has 3 saturated carbocycles. The van der Waals surface area contributed by atoms with Crippen molar-refractivity contribution in [1.29, 1.82) is 5.26 Å². The van der Waals surface area contributed by atoms with E-state index in [0.29, 0.717) is 36.9 Å². The quantitative estimate of drug-likeness (QED) is 0.552. The van der Waals surface area contributed by atoms with Crippen molar-refractivity contribution in [2.24, 2.45) is 5.41 Å². The summed E-state index contributed by atoms with van der Waals surface area (Å²) in [5.74, 6) is -1.06. The molecule has 2 amide bonds. The van der Waals surface area contributed by atoms with Gasteiger partial charge in [-0.1, -0.05) is 11.6 Å². The fraction of sp³-hybridized carbons (Fsp3) is 0.417. The predicted octanol–water partition coefficient (Wildman–Crippen LogP) is 2.62. The molecule has 34 heavy (non-hydrogen) atoms. The number of ether oxygens (including phenoxy) is 1. The van der Waals surface area contributed by atoms with Gasteiger partial charge < -0.3 is 20.5 Å². The third-order valence-corrected chi connectivity index (χ3v) is 7.13. The Hall–Kier alpha value is -3.22. The first kappa shape index (κ1) is 23.9. The Morgan fingerprint density at radius 3 is 2.65 bits per heavy atom. The molecule has 0 aliphatic heterocycles. The second kappa shape index (κ2) is 9.57. The van der Waals surface area contributed by atoms with Crippen molar-refractivity contribution < 1.29 is 23.8 Å². The number of benzene rings is 1. The van der Waals surface area contributed by atoms with Gasteiger partial charge in [-0.25, -0.2) is 4.39 Å². The summed E-state index contributed by atoms with van der Waals surface area (Å²) in [5.41, 5.74) is -0.460. The molecule has 1 atom stereocenters. The molecule has 8 nitrogen and oxygen atoms in total. The highest BCUT2D eigenvalue weighted by atomic mass is 35.5. The number of hydrogen-bond acceptors (Lipinski definition) is 6. The van der Waals surface area contributed by atoms with E-state index in [1.54, 1.807) is 12.1 Å². The van der Waals surface area contributed by atoms with E-state index in [9.17, 15) is 19.1 Å². The van der Waals surface area contributed by atoms with Crippen molar-refractivity contribution in [3.63, 3.8) is 0 Å². The molecule has 10 heteroatoms. The van der Waals surface area contributed by atoms with E-state index >= 15 is 0 Å². The molecule has 0 saturated heterocycles. The average molecular weight is 487 g/mol. The maximum Gasteiger partial charge on any atom is 0.258 e. The number of aromatic nitrogens is 1. The van der Waals surface area contributed by atoms with Crippen molar-refractivity contribution in [2.45, 2.75) is 50.3 Å². The first-order valence-electron chi connectivity index (χ1n) is 11.0. The Balaban J connectivity index is 1.31. The lowest BCUT2D eigenvalue weighted by molar-refractivity contribution is -0.156. The number of nitrogens with zero attached hydrogens (tertiary/aromatic N) is 2. The number of aliphatic hydroxyl groups excluding tert-OH is 1. The Morgan fingerprint density at radius 1 is 1.26 bits per heavy atom. The predicted molar refractivity (Wildman–Crippen MR) is 120 cm³/mol. The zero-order chi connectivity index (χ0) is 24.3. The van der Waals surface area contributed by atoms with Gasteiger partial charge in [0.05, 0.1) is 34.3 Å². The molecule has 1 aromatic heterocycles. The number of carbonyl (C=O) groups is 2. The van der Waals surface area contributed by atoms with Crippen molar-refractivity contribution in [3.05, 3.63) is 58.6 Å². The third-order valence-electron chi connectivity index (χ3n) is 6.82. The maximum atomic E-state index is 13.5. The highest BCUT2D eigenvalue weighted by molar-refractivity contribution is 6.30. The minimum Gasteiger partial charge on any atom is -0.484 e. The molecule has 5 rings (SSSR count). The average Bonchev–Trinajstić information content (AvgIpc) is 2.84. The van der Waals surface area contributed by atoms with Crippen LogP contribution < -0.4 is 15.4 Å². The van der Waals surface area contributed by atoms with Crippen LogP contribution in [0, 0.1) is 22.6 Å². The minimum atomic E-state index is -0.907. The topological polar surface area (TPSA) is 124 Å². The highest BCUT2D eigenvalue weighted by Gasteiger charge is 2.58. The molecule has 3 aliphatic rings. The second-order valence-electron chi connectivity index (χ2n) is 8.90. The fourth-order valence-corrected chi connectivity index (χ4v) is 4.94. The molecule has 2 bridgehead atoms. The van der Waals surface area contributed by atoms with Crippen LogP contribution in [0.4, 0.5) is 4.39 Å². The molecule has 3 fully saturated rings. The van der Waals surface area contributed by atoms with Crippen LogP contribution in [0.25, 0.3) is 0 Å². The molecular weight excluding hydrogens is 463 g/mol. The van der Waals surface area contributed by atoms with Gasteiger partial charge in [0, 0.05) is 17.8 Å². The van der Waals surface area contributed by atoms with E-state index in [0.717, 1.165) is 6.07 Å². The van der Waals surface area contributed by atoms with Crippen LogP contribution in [-0.4, -0.2) is 40.2 Å². The van der Waals surface area contributed by atoms with E-state index in [1.807, 2.05) is 6.07 Å². The Bertz CT molecular complexity index is 1130. The molecule has 0 spiro atoms. The number of halogens is 2. The van der Waals surface area contributed by atoms with Crippen molar-refractivity contribution in [1.82, 2.24) is 15.6 Å². The number of rotatable bonds is 7. The number of amides is 2. The van der Waals surface area contributed by atoms with Crippen LogP contribution in [0.5, 0.6) is 5.75 Å². The monoisotopic (exact) mass is 486 g/mol. The van der Waals surface area contributed by atoms with Crippen LogP contribution in [0.15, 0.2) is 36.5 Å². The Labute approximate surface area is 201 Å². The summed E-state index contributed by atoms with van der Waals surface area (Å²) < 4.78 is 18.9. The summed E-state index contributed by atoms with van der Waals surface area (Å²) in [6.45, 7) is -0.105. The van der Waals surface area contributed by atoms with Gasteiger partial charge in [0.2, 0.25) is 5.91 Å². The Morgan fingerprint density at radius 2 is 2.03 bits per heavy atom. The number of pyridine rings is 1. The van der Waals surface area contributed by atoms with Gasteiger partial charge in [0.1, 0.15) is 17.6 Å². The van der Waals surface area contributed by atoms with E-state index in [-0.39, 0.29) is 42.2 Å². The van der Waals surface area contributed by atoms with Gasteiger partial charge in [-0.05, 0) is 56.4 Å². The van der Waals surface area contributed by atoms with Crippen molar-refractivity contribution >= 4 is 23.4 Å². The zero-order valence-corrected chi connectivity index (χ0v) is 19.1. The summed E-state index contributed by atoms with van der Waals surface area (Å²) in [4.78, 5) is 29.7. The maximum absolute atomic E-state index is 13.5. The third kappa shape index (κ3) is 4.83. The smallest absolute Gasteiger partial charge is 0.258 e. The van der Waals surface area contributed by atoms with Crippen molar-refractivity contribution in [3.8, 4) is 11.8 Å². The van der Waals surface area contributed by atoms with E-state index < -0.39 is 22.9 Å². The van der Waals surface area contributed by atoms with Gasteiger partial charge in [-0.3, -0.25) is 14.6 Å². The molecule has 3 aliphatic carbocycles. The number of fused-ring (bicyclic) bond motifs is 3. The Kier molecular flexibility index (Phi) is 6.73. The van der Waals surface area contributed by atoms with Gasteiger partial charge in [-0.2, -0.15) is 5.26 Å². The van der Waals surface area contributed by atoms with E-state index in [4.69, 9.17) is 21.6 Å². The van der Waals surface area contributed by atoms with Crippen LogP contribution in [0.1, 0.15) is 43.4 Å². The highest BCUT2D eigenvalue weighted by Crippen LogP contribution is 2.52. The molecule has 3 N–H and O–H groups in total. The molecule has 1 heterocycles. The lowest BCUT2D eigenvalue weighted by Gasteiger charge is -2.55. The van der Waals surface area contributed by atoms with Crippen molar-refractivity contribution in [2.75, 3.05) is 6.61 Å². The standard InChI is InChI=1S/C24H24ClFN4O4/c25-18-4-3-17(9-19(18)26)34-14-21(32)30-23-5-7-24(8-6-23,20(31)10-23)22(33)29-13-16-2-1-15(11-27)12-28-16/h1-4,9,12,20,31H,5-8,10,13-14H2,(H,29,33)(H,30,32). The van der Waals surface area contributed by atoms with Gasteiger partial charge in [-0.15, -0.1) is 0 Å². The molecule has 178 valence electrons. The van der Waals surface area contributed by atoms with Crippen LogP contribution >= 0.6 is 11.6 Å². The zero-order valence-electron chi connectivity index (χ0n) is 18.3.